The summed E-state index contributed by atoms with van der Waals surface area (Å²) in [7, 11) is 1.63. The van der Waals surface area contributed by atoms with Gasteiger partial charge >= 0.3 is 0 Å². The van der Waals surface area contributed by atoms with Gasteiger partial charge in [-0.15, -0.1) is 0 Å². The molecule has 9 heteroatoms. The molecule has 1 fully saturated rings. The number of ether oxygens (including phenoxy) is 2. The molecule has 0 aliphatic carbocycles. The molecular weight excluding hydrogens is 507 g/mol. The molecule has 1 N–H and O–H groups in total. The van der Waals surface area contributed by atoms with Gasteiger partial charge in [0.1, 0.15) is 17.4 Å². The van der Waals surface area contributed by atoms with Crippen LogP contribution >= 0.6 is 0 Å². The average molecular weight is 541 g/mol. The quantitative estimate of drug-likeness (QED) is 0.254. The molecule has 6 rings (SSSR count). The van der Waals surface area contributed by atoms with E-state index in [2.05, 4.69) is 25.2 Å². The van der Waals surface area contributed by atoms with Gasteiger partial charge in [-0.3, -0.25) is 9.89 Å². The number of rotatable bonds is 8. The number of methoxy groups -OCH3 is 1. The Balaban J connectivity index is 1.27. The summed E-state index contributed by atoms with van der Waals surface area (Å²) in [6.45, 7) is 5.33. The predicted octanol–water partition coefficient (Wildman–Crippen LogP) is 6.55. The number of hydrogen-bond donors (Lipinski definition) is 1. The minimum atomic E-state index is -0.538. The number of aliphatic imine (C=N–C) groups is 1. The molecule has 0 saturated carbocycles. The third-order valence-corrected chi connectivity index (χ3v) is 7.46. The zero-order chi connectivity index (χ0) is 27.5. The second-order valence-corrected chi connectivity index (χ2v) is 10.1. The highest BCUT2D eigenvalue weighted by atomic mass is 19.1. The molecule has 0 amide bonds. The summed E-state index contributed by atoms with van der Waals surface area (Å²) in [5.41, 5.74) is 2.49. The summed E-state index contributed by atoms with van der Waals surface area (Å²) in [6, 6.07) is 18.8. The van der Waals surface area contributed by atoms with Crippen LogP contribution in [0, 0.1) is 5.82 Å². The number of piperidine rings is 1. The van der Waals surface area contributed by atoms with E-state index in [1.165, 1.54) is 12.5 Å². The molecule has 1 unspecified atom stereocenters. The van der Waals surface area contributed by atoms with Crippen LogP contribution in [0.5, 0.6) is 11.6 Å². The molecular formula is C31H33FN6O2. The number of amidine groups is 1. The van der Waals surface area contributed by atoms with E-state index in [0.717, 1.165) is 72.6 Å². The number of nitrogens with zero attached hydrogens (tertiary/aromatic N) is 5. The molecule has 1 aromatic heterocycles. The lowest BCUT2D eigenvalue weighted by Gasteiger charge is -2.30. The summed E-state index contributed by atoms with van der Waals surface area (Å²) in [4.78, 5) is 17.7. The van der Waals surface area contributed by atoms with E-state index in [4.69, 9.17) is 9.47 Å². The van der Waals surface area contributed by atoms with Crippen molar-refractivity contribution in [3.05, 3.63) is 78.2 Å². The first-order chi connectivity index (χ1) is 19.6. The largest absolute Gasteiger partial charge is 0.438 e. The van der Waals surface area contributed by atoms with Gasteiger partial charge in [-0.05, 0) is 56.5 Å². The Morgan fingerprint density at radius 3 is 2.55 bits per heavy atom. The fraction of sp³-hybridized carbons (Fsp3) is 0.323. The van der Waals surface area contributed by atoms with Crippen molar-refractivity contribution >= 4 is 33.9 Å². The van der Waals surface area contributed by atoms with Crippen molar-refractivity contribution in [3.63, 3.8) is 0 Å². The highest BCUT2D eigenvalue weighted by Gasteiger charge is 2.20. The van der Waals surface area contributed by atoms with E-state index in [1.54, 1.807) is 25.4 Å². The van der Waals surface area contributed by atoms with Crippen molar-refractivity contribution in [1.82, 2.24) is 9.97 Å². The number of benzene rings is 3. The summed E-state index contributed by atoms with van der Waals surface area (Å²) in [5.74, 6) is 2.32. The fourth-order valence-corrected chi connectivity index (χ4v) is 5.42. The second-order valence-electron chi connectivity index (χ2n) is 10.1. The van der Waals surface area contributed by atoms with Gasteiger partial charge in [0.15, 0.2) is 6.23 Å². The molecule has 1 saturated heterocycles. The average Bonchev–Trinajstić information content (AvgIpc) is 3.43. The fourth-order valence-electron chi connectivity index (χ4n) is 5.42. The third-order valence-electron chi connectivity index (χ3n) is 7.46. The molecule has 3 aromatic carbocycles. The maximum atomic E-state index is 14.7. The van der Waals surface area contributed by atoms with Gasteiger partial charge in [0.25, 0.3) is 0 Å². The Labute approximate surface area is 233 Å². The van der Waals surface area contributed by atoms with Gasteiger partial charge in [-0.2, -0.15) is 4.98 Å². The molecule has 0 spiro atoms. The van der Waals surface area contributed by atoms with Gasteiger partial charge in [0.05, 0.1) is 6.54 Å². The molecule has 1 atom stereocenters. The van der Waals surface area contributed by atoms with E-state index in [-0.39, 0.29) is 5.82 Å². The van der Waals surface area contributed by atoms with Crippen LogP contribution < -0.4 is 19.9 Å². The van der Waals surface area contributed by atoms with Crippen molar-refractivity contribution in [2.24, 2.45) is 4.99 Å². The summed E-state index contributed by atoms with van der Waals surface area (Å²) >= 11 is 0. The Morgan fingerprint density at radius 2 is 1.77 bits per heavy atom. The molecule has 8 nitrogen and oxygen atoms in total. The number of aromatic nitrogens is 2. The third kappa shape index (κ3) is 5.42. The zero-order valence-electron chi connectivity index (χ0n) is 22.8. The van der Waals surface area contributed by atoms with Crippen LogP contribution in [0.25, 0.3) is 10.8 Å². The van der Waals surface area contributed by atoms with Gasteiger partial charge in [0.2, 0.25) is 11.8 Å². The molecule has 2 aliphatic heterocycles. The Morgan fingerprint density at radius 1 is 0.950 bits per heavy atom. The summed E-state index contributed by atoms with van der Waals surface area (Å²) in [5, 5.41) is 5.34. The number of hydrogen-bond acceptors (Lipinski definition) is 8. The first-order valence-electron chi connectivity index (χ1n) is 13.7. The van der Waals surface area contributed by atoms with E-state index in [9.17, 15) is 4.39 Å². The molecule has 4 aromatic rings. The number of halogens is 1. The van der Waals surface area contributed by atoms with Gasteiger partial charge in [0, 0.05) is 66.7 Å². The molecule has 3 heterocycles. The van der Waals surface area contributed by atoms with E-state index in [1.807, 2.05) is 54.3 Å². The summed E-state index contributed by atoms with van der Waals surface area (Å²) < 4.78 is 26.8. The van der Waals surface area contributed by atoms with Crippen LogP contribution in [0.4, 0.5) is 21.7 Å². The maximum Gasteiger partial charge on any atom is 0.234 e. The second kappa shape index (κ2) is 11.5. The number of fused-ring (bicyclic) bond motifs is 1. The zero-order valence-corrected chi connectivity index (χ0v) is 22.8. The lowest BCUT2D eigenvalue weighted by molar-refractivity contribution is 0.126. The molecule has 2 aliphatic rings. The summed E-state index contributed by atoms with van der Waals surface area (Å²) in [6.07, 6.45) is 4.63. The van der Waals surface area contributed by atoms with Gasteiger partial charge < -0.3 is 19.7 Å². The lowest BCUT2D eigenvalue weighted by atomic mass is 10.1. The Hall–Kier alpha value is -4.24. The van der Waals surface area contributed by atoms with Crippen LogP contribution in [0.15, 0.2) is 71.9 Å². The topological polar surface area (TPSA) is 75.1 Å². The van der Waals surface area contributed by atoms with Crippen LogP contribution in [0.1, 0.15) is 38.0 Å². The lowest BCUT2D eigenvalue weighted by Crippen LogP contribution is -2.29. The van der Waals surface area contributed by atoms with Crippen molar-refractivity contribution in [3.8, 4) is 11.6 Å². The van der Waals surface area contributed by atoms with E-state index < -0.39 is 6.23 Å². The maximum absolute atomic E-state index is 14.7. The Kier molecular flexibility index (Phi) is 7.46. The standard InChI is InChI=1S/C31H33FN6O2/c1-21-33-14-17-38(21)31-34-13-12-29(36-31)40-28-11-10-27(25-8-4-5-9-26(25)28)35-30(39-2)22-18-23(32)20-24(19-22)37-15-6-3-7-16-37/h4-5,8-13,18-20,30,35H,3,6-7,14-17H2,1-2H3. The molecule has 206 valence electrons. The smallest absolute Gasteiger partial charge is 0.234 e. The minimum absolute atomic E-state index is 0.268. The van der Waals surface area contributed by atoms with Crippen LogP contribution in [-0.2, 0) is 4.74 Å². The van der Waals surface area contributed by atoms with E-state index >= 15 is 0 Å². The number of nitrogens with one attached hydrogen (secondary N) is 1. The van der Waals surface area contributed by atoms with Gasteiger partial charge in [-0.1, -0.05) is 24.3 Å². The highest BCUT2D eigenvalue weighted by Crippen LogP contribution is 2.36. The van der Waals surface area contributed by atoms with Crippen molar-refractivity contribution in [2.75, 3.05) is 48.4 Å². The van der Waals surface area contributed by atoms with Gasteiger partial charge in [-0.25, -0.2) is 9.37 Å². The molecule has 40 heavy (non-hydrogen) atoms. The van der Waals surface area contributed by atoms with Crippen molar-refractivity contribution in [2.45, 2.75) is 32.4 Å². The molecule has 0 radical (unpaired) electrons. The predicted molar refractivity (Wildman–Crippen MR) is 157 cm³/mol. The van der Waals surface area contributed by atoms with Crippen molar-refractivity contribution < 1.29 is 13.9 Å². The first-order valence-corrected chi connectivity index (χ1v) is 13.7. The first kappa shape index (κ1) is 26.0. The van der Waals surface area contributed by atoms with Crippen LogP contribution in [0.2, 0.25) is 0 Å². The SMILES string of the molecule is COC(Nc1ccc(Oc2ccnc(N3CCN=C3C)n2)c2ccccc12)c1cc(F)cc(N2CCCCC2)c1. The Bertz CT molecular complexity index is 1540. The minimum Gasteiger partial charge on any atom is -0.438 e. The van der Waals surface area contributed by atoms with Crippen LogP contribution in [-0.4, -0.2) is 49.1 Å². The van der Waals surface area contributed by atoms with E-state index in [0.29, 0.717) is 17.6 Å². The highest BCUT2D eigenvalue weighted by molar-refractivity contribution is 5.98. The normalized spacial score (nSPS) is 16.2. The number of anilines is 3. The van der Waals surface area contributed by atoms with Crippen LogP contribution in [0.3, 0.4) is 0 Å². The molecule has 0 bridgehead atoms. The van der Waals surface area contributed by atoms with Crippen molar-refractivity contribution in [1.29, 1.82) is 0 Å². The monoisotopic (exact) mass is 540 g/mol.